The van der Waals surface area contributed by atoms with E-state index in [0.717, 1.165) is 34.9 Å². The molecule has 6 heteroatoms. The van der Waals surface area contributed by atoms with Crippen LogP contribution in [-0.2, 0) is 4.74 Å². The average molecular weight is 399 g/mol. The second-order valence-electron chi connectivity index (χ2n) is 6.26. The molecule has 0 unspecified atom stereocenters. The number of thiophene rings is 1. The van der Waals surface area contributed by atoms with Gasteiger partial charge < -0.3 is 15.0 Å². The molecule has 0 atom stereocenters. The van der Waals surface area contributed by atoms with Gasteiger partial charge in [-0.15, -0.1) is 11.3 Å². The molecule has 0 radical (unpaired) electrons. The van der Waals surface area contributed by atoms with Gasteiger partial charge in [-0.05, 0) is 35.9 Å². The van der Waals surface area contributed by atoms with E-state index in [9.17, 15) is 4.79 Å². The van der Waals surface area contributed by atoms with Crippen LogP contribution in [0.3, 0.4) is 0 Å². The van der Waals surface area contributed by atoms with E-state index in [2.05, 4.69) is 22.3 Å². The highest BCUT2D eigenvalue weighted by Gasteiger charge is 2.22. The van der Waals surface area contributed by atoms with Crippen molar-refractivity contribution in [1.29, 1.82) is 0 Å². The molecule has 2 heterocycles. The van der Waals surface area contributed by atoms with E-state index < -0.39 is 0 Å². The van der Waals surface area contributed by atoms with E-state index in [1.54, 1.807) is 24.3 Å². The zero-order valence-electron chi connectivity index (χ0n) is 14.7. The number of nitrogens with one attached hydrogen (secondary N) is 1. The number of benzene rings is 2. The van der Waals surface area contributed by atoms with Crippen LogP contribution in [0.15, 0.2) is 60.7 Å². The lowest BCUT2D eigenvalue weighted by molar-refractivity contribution is 0.103. The highest BCUT2D eigenvalue weighted by atomic mass is 35.5. The van der Waals surface area contributed by atoms with Crippen LogP contribution < -0.4 is 10.2 Å². The Hall–Kier alpha value is -2.34. The van der Waals surface area contributed by atoms with Gasteiger partial charge in [0.1, 0.15) is 0 Å². The van der Waals surface area contributed by atoms with Gasteiger partial charge in [0, 0.05) is 29.4 Å². The van der Waals surface area contributed by atoms with Gasteiger partial charge in [0.15, 0.2) is 0 Å². The monoisotopic (exact) mass is 398 g/mol. The fraction of sp³-hybridized carbons (Fsp3) is 0.190. The van der Waals surface area contributed by atoms with E-state index in [4.69, 9.17) is 16.3 Å². The third kappa shape index (κ3) is 4.16. The minimum atomic E-state index is -0.112. The summed E-state index contributed by atoms with van der Waals surface area (Å²) in [4.78, 5) is 15.8. The largest absolute Gasteiger partial charge is 0.378 e. The van der Waals surface area contributed by atoms with Gasteiger partial charge in [-0.1, -0.05) is 41.9 Å². The maximum atomic E-state index is 12.8. The van der Waals surface area contributed by atoms with Gasteiger partial charge in [0.2, 0.25) is 0 Å². The molecule has 0 aliphatic carbocycles. The van der Waals surface area contributed by atoms with Crippen LogP contribution in [0.5, 0.6) is 0 Å². The average Bonchev–Trinajstić information content (AvgIpc) is 3.17. The first-order valence-electron chi connectivity index (χ1n) is 8.79. The number of ether oxygens (including phenoxy) is 1. The number of nitrogens with zero attached hydrogens (tertiary/aromatic N) is 1. The number of amides is 1. The Balaban J connectivity index is 1.65. The molecule has 1 aromatic heterocycles. The molecule has 138 valence electrons. The summed E-state index contributed by atoms with van der Waals surface area (Å²) < 4.78 is 5.48. The second kappa shape index (κ2) is 8.13. The lowest BCUT2D eigenvalue weighted by atomic mass is 10.1. The molecule has 1 aliphatic rings. The number of halogens is 1. The van der Waals surface area contributed by atoms with Crippen molar-refractivity contribution in [2.45, 2.75) is 0 Å². The number of morpholine rings is 1. The van der Waals surface area contributed by atoms with Gasteiger partial charge in [0.05, 0.1) is 23.1 Å². The summed E-state index contributed by atoms with van der Waals surface area (Å²) in [5.74, 6) is -0.112. The van der Waals surface area contributed by atoms with Crippen LogP contribution in [0.1, 0.15) is 9.67 Å². The highest BCUT2D eigenvalue weighted by molar-refractivity contribution is 7.18. The van der Waals surface area contributed by atoms with Crippen molar-refractivity contribution in [3.05, 3.63) is 70.6 Å². The van der Waals surface area contributed by atoms with Gasteiger partial charge in [-0.2, -0.15) is 0 Å². The summed E-state index contributed by atoms with van der Waals surface area (Å²) in [6, 6.07) is 19.3. The molecule has 2 aromatic carbocycles. The molecule has 0 saturated carbocycles. The van der Waals surface area contributed by atoms with Crippen LogP contribution >= 0.6 is 22.9 Å². The Kier molecular flexibility index (Phi) is 5.43. The van der Waals surface area contributed by atoms with Crippen molar-refractivity contribution >= 4 is 39.5 Å². The Morgan fingerprint density at radius 2 is 1.74 bits per heavy atom. The number of carbonyl (C=O) groups is 1. The van der Waals surface area contributed by atoms with Gasteiger partial charge in [0.25, 0.3) is 5.91 Å². The van der Waals surface area contributed by atoms with Crippen LogP contribution in [-0.4, -0.2) is 32.2 Å². The predicted molar refractivity (Wildman–Crippen MR) is 112 cm³/mol. The molecule has 0 spiro atoms. The third-order valence-corrected chi connectivity index (χ3v) is 5.87. The quantitative estimate of drug-likeness (QED) is 0.660. The minimum absolute atomic E-state index is 0.112. The van der Waals surface area contributed by atoms with Crippen molar-refractivity contribution in [2.24, 2.45) is 0 Å². The first kappa shape index (κ1) is 18.0. The van der Waals surface area contributed by atoms with Crippen LogP contribution in [0.4, 0.5) is 10.7 Å². The molecular weight excluding hydrogens is 380 g/mol. The summed E-state index contributed by atoms with van der Waals surface area (Å²) in [5, 5.41) is 4.71. The number of carbonyl (C=O) groups excluding carboxylic acids is 1. The van der Waals surface area contributed by atoms with E-state index in [1.807, 2.05) is 24.3 Å². The molecule has 1 amide bonds. The summed E-state index contributed by atoms with van der Waals surface area (Å²) in [6.45, 7) is 3.08. The molecule has 1 aliphatic heterocycles. The number of hydrogen-bond acceptors (Lipinski definition) is 4. The van der Waals surface area contributed by atoms with Crippen molar-refractivity contribution in [1.82, 2.24) is 0 Å². The van der Waals surface area contributed by atoms with Gasteiger partial charge in [-0.3, -0.25) is 4.79 Å². The minimum Gasteiger partial charge on any atom is -0.378 e. The fourth-order valence-corrected chi connectivity index (χ4v) is 4.30. The predicted octanol–water partition coefficient (Wildman–Crippen LogP) is 5.16. The van der Waals surface area contributed by atoms with Crippen molar-refractivity contribution in [3.8, 4) is 11.1 Å². The molecule has 0 bridgehead atoms. The molecule has 1 N–H and O–H groups in total. The van der Waals surface area contributed by atoms with Gasteiger partial charge in [-0.25, -0.2) is 0 Å². The van der Waals surface area contributed by atoms with Crippen LogP contribution in [0, 0.1) is 0 Å². The first-order chi connectivity index (χ1) is 13.2. The van der Waals surface area contributed by atoms with E-state index in [0.29, 0.717) is 23.1 Å². The first-order valence-corrected chi connectivity index (χ1v) is 9.99. The van der Waals surface area contributed by atoms with E-state index >= 15 is 0 Å². The SMILES string of the molecule is O=C(Nc1ccc(Cl)cc1)c1cc(-c2ccccc2)c(N2CCOCC2)s1. The zero-order valence-corrected chi connectivity index (χ0v) is 16.2. The van der Waals surface area contributed by atoms with Crippen LogP contribution in [0.25, 0.3) is 11.1 Å². The summed E-state index contributed by atoms with van der Waals surface area (Å²) in [7, 11) is 0. The summed E-state index contributed by atoms with van der Waals surface area (Å²) in [6.07, 6.45) is 0. The Bertz CT molecular complexity index is 919. The number of anilines is 2. The molecule has 1 saturated heterocycles. The van der Waals surface area contributed by atoms with Crippen molar-refractivity contribution in [2.75, 3.05) is 36.5 Å². The fourth-order valence-electron chi connectivity index (χ4n) is 3.05. The second-order valence-corrected chi connectivity index (χ2v) is 7.72. The Morgan fingerprint density at radius 3 is 2.44 bits per heavy atom. The van der Waals surface area contributed by atoms with Crippen LogP contribution in [0.2, 0.25) is 5.02 Å². The normalized spacial score (nSPS) is 14.2. The lowest BCUT2D eigenvalue weighted by Crippen LogP contribution is -2.35. The Labute approximate surface area is 167 Å². The third-order valence-electron chi connectivity index (χ3n) is 4.42. The van der Waals surface area contributed by atoms with E-state index in [1.165, 1.54) is 11.3 Å². The summed E-state index contributed by atoms with van der Waals surface area (Å²) >= 11 is 7.44. The maximum Gasteiger partial charge on any atom is 0.265 e. The topological polar surface area (TPSA) is 41.6 Å². The van der Waals surface area contributed by atoms with Crippen molar-refractivity contribution in [3.63, 3.8) is 0 Å². The standard InChI is InChI=1S/C21H19ClN2O2S/c22-16-6-8-17(9-7-16)23-20(25)19-14-18(15-4-2-1-3-5-15)21(27-19)24-10-12-26-13-11-24/h1-9,14H,10-13H2,(H,23,25). The molecule has 1 fully saturated rings. The lowest BCUT2D eigenvalue weighted by Gasteiger charge is -2.28. The molecular formula is C21H19ClN2O2S. The summed E-state index contributed by atoms with van der Waals surface area (Å²) in [5.41, 5.74) is 2.93. The Morgan fingerprint density at radius 1 is 1.04 bits per heavy atom. The maximum absolute atomic E-state index is 12.8. The zero-order chi connectivity index (χ0) is 18.6. The molecule has 4 rings (SSSR count). The molecule has 3 aromatic rings. The smallest absolute Gasteiger partial charge is 0.265 e. The van der Waals surface area contributed by atoms with Crippen molar-refractivity contribution < 1.29 is 9.53 Å². The number of rotatable bonds is 4. The number of hydrogen-bond donors (Lipinski definition) is 1. The highest BCUT2D eigenvalue weighted by Crippen LogP contribution is 2.39. The molecule has 4 nitrogen and oxygen atoms in total. The molecule has 27 heavy (non-hydrogen) atoms. The van der Waals surface area contributed by atoms with E-state index in [-0.39, 0.29) is 5.91 Å². The van der Waals surface area contributed by atoms with Gasteiger partial charge >= 0.3 is 0 Å².